The van der Waals surface area contributed by atoms with Crippen molar-refractivity contribution in [2.24, 2.45) is 10.2 Å². The Bertz CT molecular complexity index is 949. The first-order chi connectivity index (χ1) is 11.0. The fraction of sp³-hybridized carbons (Fsp3) is 0.0667. The van der Waals surface area contributed by atoms with Crippen molar-refractivity contribution in [2.45, 2.75) is 6.92 Å². The molecule has 0 bridgehead atoms. The van der Waals surface area contributed by atoms with Crippen LogP contribution in [0.3, 0.4) is 0 Å². The first kappa shape index (κ1) is 15.0. The zero-order chi connectivity index (χ0) is 16.6. The number of fused-ring (bicyclic) bond motifs is 1. The Morgan fingerprint density at radius 3 is 2.78 bits per heavy atom. The van der Waals surface area contributed by atoms with Crippen LogP contribution in [0.4, 0.5) is 11.5 Å². The molecule has 0 amide bonds. The first-order valence-corrected chi connectivity index (χ1v) is 6.96. The van der Waals surface area contributed by atoms with Gasteiger partial charge in [-0.2, -0.15) is 0 Å². The van der Waals surface area contributed by atoms with Gasteiger partial charge in [0.05, 0.1) is 5.69 Å². The van der Waals surface area contributed by atoms with Crippen LogP contribution in [0.2, 0.25) is 5.02 Å². The molecule has 1 aromatic carbocycles. The molecule has 0 aliphatic rings. The summed E-state index contributed by atoms with van der Waals surface area (Å²) in [6.45, 7) is 1.82. The molecule has 3 rings (SSSR count). The molecule has 2 heterocycles. The second-order valence-electron chi connectivity index (χ2n) is 4.81. The van der Waals surface area contributed by atoms with E-state index in [0.717, 1.165) is 5.56 Å². The lowest BCUT2D eigenvalue weighted by Gasteiger charge is -2.00. The highest BCUT2D eigenvalue weighted by atomic mass is 35.5. The predicted molar refractivity (Wildman–Crippen MR) is 84.2 cm³/mol. The van der Waals surface area contributed by atoms with Crippen molar-refractivity contribution >= 4 is 34.7 Å². The maximum atomic E-state index is 11.3. The van der Waals surface area contributed by atoms with Gasteiger partial charge in [-0.05, 0) is 42.8 Å². The summed E-state index contributed by atoms with van der Waals surface area (Å²) in [5.74, 6) is -1.37. The summed E-state index contributed by atoms with van der Waals surface area (Å²) in [5.41, 5.74) is 1.17. The maximum Gasteiger partial charge on any atom is 0.358 e. The van der Waals surface area contributed by atoms with Crippen molar-refractivity contribution in [3.05, 3.63) is 52.8 Å². The number of nitrogens with zero attached hydrogens (tertiary/aromatic N) is 4. The van der Waals surface area contributed by atoms with E-state index in [2.05, 4.69) is 15.2 Å². The van der Waals surface area contributed by atoms with Crippen LogP contribution >= 0.6 is 11.6 Å². The fourth-order valence-corrected chi connectivity index (χ4v) is 2.34. The van der Waals surface area contributed by atoms with Crippen LogP contribution in [-0.2, 0) is 0 Å². The molecule has 7 nitrogen and oxygen atoms in total. The molecule has 3 aromatic rings. The lowest BCUT2D eigenvalue weighted by Crippen LogP contribution is -1.96. The number of halogens is 1. The molecule has 2 aromatic heterocycles. The molecule has 0 aliphatic heterocycles. The van der Waals surface area contributed by atoms with Gasteiger partial charge < -0.3 is 10.2 Å². The summed E-state index contributed by atoms with van der Waals surface area (Å²) in [6.07, 6.45) is 1.55. The number of hydrogen-bond acceptors (Lipinski definition) is 5. The van der Waals surface area contributed by atoms with E-state index in [1.807, 2.05) is 6.92 Å². The van der Waals surface area contributed by atoms with E-state index in [4.69, 9.17) is 11.6 Å². The molecule has 0 spiro atoms. The molecule has 0 radical (unpaired) electrons. The monoisotopic (exact) mass is 330 g/mol. The van der Waals surface area contributed by atoms with E-state index in [-0.39, 0.29) is 22.9 Å². The summed E-state index contributed by atoms with van der Waals surface area (Å²) in [7, 11) is 0. The second-order valence-corrected chi connectivity index (χ2v) is 5.24. The number of hydrogen-bond donors (Lipinski definition) is 2. The number of carbonyl (C=O) groups is 1. The normalized spacial score (nSPS) is 11.4. The number of rotatable bonds is 3. The number of pyridine rings is 1. The van der Waals surface area contributed by atoms with Gasteiger partial charge in [0.25, 0.3) is 0 Å². The Kier molecular flexibility index (Phi) is 3.71. The van der Waals surface area contributed by atoms with Crippen LogP contribution in [0.15, 0.2) is 46.8 Å². The van der Waals surface area contributed by atoms with Crippen molar-refractivity contribution in [1.29, 1.82) is 0 Å². The summed E-state index contributed by atoms with van der Waals surface area (Å²) < 4.78 is 1.37. The third-order valence-corrected chi connectivity index (χ3v) is 3.45. The summed E-state index contributed by atoms with van der Waals surface area (Å²) >= 11 is 5.89. The SMILES string of the molecule is Cc1cc(Cl)ccc1N=Nc1c(C(=O)O)nc2c(O)cccn12. The van der Waals surface area contributed by atoms with Crippen molar-refractivity contribution < 1.29 is 15.0 Å². The zero-order valence-corrected chi connectivity index (χ0v) is 12.7. The average molecular weight is 331 g/mol. The number of aromatic hydroxyl groups is 1. The Labute approximate surface area is 135 Å². The molecular formula is C15H11ClN4O3. The van der Waals surface area contributed by atoms with Crippen molar-refractivity contribution in [3.8, 4) is 5.75 Å². The van der Waals surface area contributed by atoms with E-state index >= 15 is 0 Å². The smallest absolute Gasteiger partial charge is 0.358 e. The summed E-state index contributed by atoms with van der Waals surface area (Å²) in [6, 6.07) is 8.05. The molecule has 2 N–H and O–H groups in total. The minimum absolute atomic E-state index is 0.0257. The van der Waals surface area contributed by atoms with Crippen LogP contribution < -0.4 is 0 Å². The molecule has 8 heteroatoms. The number of aromatic carboxylic acids is 1. The fourth-order valence-electron chi connectivity index (χ4n) is 2.11. The average Bonchev–Trinajstić information content (AvgIpc) is 2.87. The molecule has 0 atom stereocenters. The number of aryl methyl sites for hydroxylation is 1. The standard InChI is InChI=1S/C15H11ClN4O3/c1-8-7-9(16)4-5-10(8)18-19-14-12(15(22)23)17-13-11(21)3-2-6-20(13)14/h2-7,21H,1H3,(H,22,23). The zero-order valence-electron chi connectivity index (χ0n) is 11.9. The Morgan fingerprint density at radius 2 is 2.09 bits per heavy atom. The molecular weight excluding hydrogens is 320 g/mol. The number of carboxylic acid groups (broad SMARTS) is 1. The molecule has 116 valence electrons. The van der Waals surface area contributed by atoms with Crippen molar-refractivity contribution in [2.75, 3.05) is 0 Å². The Hall–Kier alpha value is -2.93. The first-order valence-electron chi connectivity index (χ1n) is 6.58. The van der Waals surface area contributed by atoms with Gasteiger partial charge in [-0.3, -0.25) is 4.40 Å². The number of carboxylic acids is 1. The van der Waals surface area contributed by atoms with Gasteiger partial charge in [0.15, 0.2) is 22.9 Å². The third-order valence-electron chi connectivity index (χ3n) is 3.22. The minimum atomic E-state index is -1.25. The van der Waals surface area contributed by atoms with Crippen molar-refractivity contribution in [1.82, 2.24) is 9.38 Å². The third kappa shape index (κ3) is 2.74. The highest BCUT2D eigenvalue weighted by Crippen LogP contribution is 2.29. The van der Waals surface area contributed by atoms with E-state index in [1.54, 1.807) is 30.5 Å². The Morgan fingerprint density at radius 1 is 1.30 bits per heavy atom. The summed E-state index contributed by atoms with van der Waals surface area (Å²) in [5, 5.41) is 27.7. The molecule has 0 saturated carbocycles. The van der Waals surface area contributed by atoms with Gasteiger partial charge in [-0.25, -0.2) is 9.78 Å². The molecule has 0 saturated heterocycles. The van der Waals surface area contributed by atoms with Gasteiger partial charge >= 0.3 is 5.97 Å². The quantitative estimate of drug-likeness (QED) is 0.705. The number of benzene rings is 1. The predicted octanol–water partition coefficient (Wildman–Crippen LogP) is 4.12. The lowest BCUT2D eigenvalue weighted by atomic mass is 10.2. The molecule has 0 unspecified atom stereocenters. The maximum absolute atomic E-state index is 11.3. The number of azo groups is 1. The van der Waals surface area contributed by atoms with Gasteiger partial charge in [0.1, 0.15) is 0 Å². The Balaban J connectivity index is 2.15. The molecule has 23 heavy (non-hydrogen) atoms. The van der Waals surface area contributed by atoms with Crippen LogP contribution in [0.25, 0.3) is 5.65 Å². The lowest BCUT2D eigenvalue weighted by molar-refractivity contribution is 0.0692. The van der Waals surface area contributed by atoms with E-state index in [9.17, 15) is 15.0 Å². The van der Waals surface area contributed by atoms with Crippen LogP contribution in [0, 0.1) is 6.92 Å². The van der Waals surface area contributed by atoms with Gasteiger partial charge in [0.2, 0.25) is 0 Å². The van der Waals surface area contributed by atoms with Crippen LogP contribution in [0.5, 0.6) is 5.75 Å². The van der Waals surface area contributed by atoms with Gasteiger partial charge in [-0.15, -0.1) is 10.2 Å². The van der Waals surface area contributed by atoms with Crippen LogP contribution in [-0.4, -0.2) is 25.6 Å². The molecule has 0 aliphatic carbocycles. The number of imidazole rings is 1. The second kappa shape index (κ2) is 5.69. The van der Waals surface area contributed by atoms with Crippen molar-refractivity contribution in [3.63, 3.8) is 0 Å². The van der Waals surface area contributed by atoms with E-state index < -0.39 is 5.97 Å². The largest absolute Gasteiger partial charge is 0.504 e. The number of aromatic nitrogens is 2. The molecule has 0 fully saturated rings. The minimum Gasteiger partial charge on any atom is -0.504 e. The van der Waals surface area contributed by atoms with E-state index in [0.29, 0.717) is 10.7 Å². The summed E-state index contributed by atoms with van der Waals surface area (Å²) in [4.78, 5) is 15.2. The van der Waals surface area contributed by atoms with E-state index in [1.165, 1.54) is 10.5 Å². The topological polar surface area (TPSA) is 99.5 Å². The van der Waals surface area contributed by atoms with Gasteiger partial charge in [-0.1, -0.05) is 11.6 Å². The highest BCUT2D eigenvalue weighted by Gasteiger charge is 2.20. The van der Waals surface area contributed by atoms with Crippen LogP contribution in [0.1, 0.15) is 16.1 Å². The van der Waals surface area contributed by atoms with Gasteiger partial charge in [0, 0.05) is 11.2 Å². The highest BCUT2D eigenvalue weighted by molar-refractivity contribution is 6.30.